The number of aromatic hydroxyl groups is 1. The van der Waals surface area contributed by atoms with E-state index in [4.69, 9.17) is 37.9 Å². The van der Waals surface area contributed by atoms with Gasteiger partial charge in [-0.15, -0.1) is 0 Å². The van der Waals surface area contributed by atoms with Gasteiger partial charge in [-0.3, -0.25) is 38.4 Å². The molecular weight excluding hydrogens is 1290 g/mol. The van der Waals surface area contributed by atoms with Gasteiger partial charge < -0.3 is 67.3 Å². The lowest BCUT2D eigenvalue weighted by molar-refractivity contribution is -0.0936. The van der Waals surface area contributed by atoms with Gasteiger partial charge in [0.2, 0.25) is 16.3 Å². The Morgan fingerprint density at radius 3 is 1.28 bits per heavy atom. The topological polar surface area (TPSA) is 269 Å². The summed E-state index contributed by atoms with van der Waals surface area (Å²) in [6, 6.07) is 5.27. The van der Waals surface area contributed by atoms with E-state index < -0.39 is 85.9 Å². The number of aromatic nitrogens is 3. The van der Waals surface area contributed by atoms with Gasteiger partial charge in [0.25, 0.3) is 11.8 Å². The van der Waals surface area contributed by atoms with Crippen LogP contribution in [0, 0.1) is 39.5 Å². The predicted octanol–water partition coefficient (Wildman–Crippen LogP) is 8.32. The van der Waals surface area contributed by atoms with E-state index in [1.54, 1.807) is 31.9 Å². The van der Waals surface area contributed by atoms with Gasteiger partial charge in [-0.05, 0) is 107 Å². The fourth-order valence-electron chi connectivity index (χ4n) is 13.7. The van der Waals surface area contributed by atoms with Gasteiger partial charge in [0.05, 0.1) is 71.4 Å². The Kier molecular flexibility index (Phi) is 21.9. The van der Waals surface area contributed by atoms with Crippen molar-refractivity contribution in [1.29, 1.82) is 0 Å². The zero-order chi connectivity index (χ0) is 67.4. The highest BCUT2D eigenvalue weighted by molar-refractivity contribution is 9.10. The van der Waals surface area contributed by atoms with Gasteiger partial charge in [0.15, 0.2) is 34.6 Å². The molecule has 9 unspecified atom stereocenters. The first-order valence-corrected chi connectivity index (χ1v) is 31.4. The number of benzene rings is 2. The summed E-state index contributed by atoms with van der Waals surface area (Å²) in [4.78, 5) is 105. The number of nitrogens with one attached hydrogen (secondary N) is 2. The van der Waals surface area contributed by atoms with Crippen LogP contribution in [0.5, 0.6) is 17.2 Å². The van der Waals surface area contributed by atoms with E-state index in [0.29, 0.717) is 100 Å². The molecule has 11 rings (SSSR count). The maximum atomic E-state index is 14.0. The number of hydrogen-bond acceptors (Lipinski definition) is 17. The number of nitrogens with zero attached hydrogens (tertiary/aromatic N) is 3. The van der Waals surface area contributed by atoms with Gasteiger partial charge in [-0.25, -0.2) is 17.6 Å². The molecule has 3 fully saturated rings. The van der Waals surface area contributed by atoms with Crippen LogP contribution < -0.4 is 36.4 Å². The molecule has 2 aromatic carbocycles. The molecule has 22 nitrogen and oxygen atoms in total. The number of ether oxygens (including phenoxy) is 8. The SMILES string of the molecule is COCCC1(C)C(=O)c2c(O)c(=O)c(C(=O)NCc3ccc(F)cc3F)cn2C2CCCOC21.COCCC1(C)C(=O)c2c(OC)c(=O)c(Br)cn2C2CCCOC21.COCCC1(C)C(=O)c2c(OC)c(=O)c(C(=O)NCc3ccc(F)cc3F)cn2C2CCCOC21. The van der Waals surface area contributed by atoms with Crippen molar-refractivity contribution < 1.29 is 84.5 Å². The molecule has 3 N–H and O–H groups in total. The third kappa shape index (κ3) is 13.3. The van der Waals surface area contributed by atoms with Crippen molar-refractivity contribution in [3.8, 4) is 17.2 Å². The van der Waals surface area contributed by atoms with Crippen LogP contribution in [0.2, 0.25) is 0 Å². The molecule has 2 amide bonds. The highest BCUT2D eigenvalue weighted by Gasteiger charge is 2.57. The third-order valence-electron chi connectivity index (χ3n) is 18.9. The average Bonchev–Trinajstić information content (AvgIpc) is 0.737. The summed E-state index contributed by atoms with van der Waals surface area (Å²) < 4.78 is 104. The first-order chi connectivity index (χ1) is 44.4. The fourth-order valence-corrected chi connectivity index (χ4v) is 14.1. The number of rotatable bonds is 17. The van der Waals surface area contributed by atoms with Gasteiger partial charge in [0.1, 0.15) is 51.5 Å². The second-order valence-electron chi connectivity index (χ2n) is 24.5. The largest absolute Gasteiger partial charge is 0.503 e. The lowest BCUT2D eigenvalue weighted by Crippen LogP contribution is -2.54. The molecular formula is C66H76BrF4N5O17. The Labute approximate surface area is 541 Å². The number of ketones is 3. The Bertz CT molecular complexity index is 3900. The number of amides is 2. The third-order valence-corrected chi connectivity index (χ3v) is 19.4. The van der Waals surface area contributed by atoms with Crippen LogP contribution in [0.25, 0.3) is 0 Å². The molecule has 6 aliphatic heterocycles. The summed E-state index contributed by atoms with van der Waals surface area (Å²) in [5.41, 5.74) is -5.00. The lowest BCUT2D eigenvalue weighted by atomic mass is 9.69. The molecule has 0 spiro atoms. The van der Waals surface area contributed by atoms with Crippen LogP contribution in [-0.4, -0.2) is 141 Å². The van der Waals surface area contributed by atoms with Crippen LogP contribution in [0.4, 0.5) is 17.6 Å². The van der Waals surface area contributed by atoms with Crippen molar-refractivity contribution in [2.24, 2.45) is 16.2 Å². The highest BCUT2D eigenvalue weighted by Crippen LogP contribution is 2.51. The van der Waals surface area contributed by atoms with Crippen molar-refractivity contribution in [3.05, 3.63) is 153 Å². The first-order valence-electron chi connectivity index (χ1n) is 30.6. The Morgan fingerprint density at radius 1 is 0.548 bits per heavy atom. The summed E-state index contributed by atoms with van der Waals surface area (Å²) in [6.45, 7) is 7.60. The van der Waals surface area contributed by atoms with Gasteiger partial charge >= 0.3 is 0 Å². The summed E-state index contributed by atoms with van der Waals surface area (Å²) in [5.74, 6) is -6.57. The number of carbonyl (C=O) groups excluding carboxylic acids is 5. The number of Topliss-reactive ketones (excluding diaryl/α,β-unsaturated/α-hetero) is 3. The Balaban J connectivity index is 0.000000168. The van der Waals surface area contributed by atoms with Crippen molar-refractivity contribution in [2.75, 3.05) is 75.2 Å². The number of hydrogen-bond donors (Lipinski definition) is 3. The fraction of sp³-hybridized carbons (Fsp3) is 0.515. The Morgan fingerprint density at radius 2 is 0.903 bits per heavy atom. The standard InChI is InChI=1S/C25H28F2N2O6.C24H26F2N2O6.C17H22BrNO5/c1-25(8-10-33-2)22(31)19-21(34-3)20(30)16(13-29(19)18-5-4-9-35-23(18)25)24(32)28-12-14-6-7-15(26)11-17(14)27;1-24(7-9-33-2)21(31)18-20(30)19(29)15(12-28(18)17-4-3-8-34-22(17)24)23(32)27-11-13-5-6-14(25)10-16(13)26;1-17(6-8-22-2)15(21)12-14(23-3)13(20)10(18)9-19(12)11-5-4-7-24-16(11)17/h6-7,11,13,18,23H,4-5,8-10,12H2,1-3H3,(H,28,32);5-6,10,12,17,22,30H,3-4,7-9,11H2,1-2H3,(H,27,32);9,11,16H,4-8H2,1-3H3. The molecule has 0 bridgehead atoms. The molecule has 9 atom stereocenters. The molecule has 5 aromatic rings. The maximum Gasteiger partial charge on any atom is 0.257 e. The Hall–Kier alpha value is -7.40. The summed E-state index contributed by atoms with van der Waals surface area (Å²) in [5, 5.41) is 15.7. The number of fused-ring (bicyclic) bond motifs is 9. The van der Waals surface area contributed by atoms with Gasteiger partial charge in [-0.1, -0.05) is 12.1 Å². The van der Waals surface area contributed by atoms with Crippen LogP contribution in [-0.2, 0) is 41.5 Å². The lowest BCUT2D eigenvalue weighted by Gasteiger charge is -2.48. The molecule has 0 saturated carbocycles. The van der Waals surface area contributed by atoms with E-state index in [-0.39, 0.29) is 99.5 Å². The average molecular weight is 1370 g/mol. The van der Waals surface area contributed by atoms with Crippen LogP contribution in [0.15, 0.2) is 73.8 Å². The van der Waals surface area contributed by atoms with Crippen molar-refractivity contribution >= 4 is 45.1 Å². The minimum Gasteiger partial charge on any atom is -0.503 e. The normalized spacial score (nSPS) is 25.0. The molecule has 0 radical (unpaired) electrons. The minimum atomic E-state index is -1.02. The first kappa shape index (κ1) is 69.9. The number of carbonyl (C=O) groups is 5. The van der Waals surface area contributed by atoms with E-state index in [1.165, 1.54) is 50.4 Å². The van der Waals surface area contributed by atoms with Crippen LogP contribution in [0.3, 0.4) is 0 Å². The molecule has 9 heterocycles. The van der Waals surface area contributed by atoms with Gasteiger partial charge in [0, 0.05) is 116 Å². The zero-order valence-electron chi connectivity index (χ0n) is 52.9. The van der Waals surface area contributed by atoms with E-state index in [9.17, 15) is 61.0 Å². The maximum absolute atomic E-state index is 14.0. The van der Waals surface area contributed by atoms with Gasteiger partial charge in [-0.2, -0.15) is 0 Å². The van der Waals surface area contributed by atoms with Crippen LogP contribution in [0.1, 0.15) is 160 Å². The zero-order valence-corrected chi connectivity index (χ0v) is 54.5. The number of halogens is 5. The summed E-state index contributed by atoms with van der Waals surface area (Å²) >= 11 is 3.29. The van der Waals surface area contributed by atoms with Crippen molar-refractivity contribution in [2.45, 2.75) is 128 Å². The molecule has 93 heavy (non-hydrogen) atoms. The number of methoxy groups -OCH3 is 5. The molecule has 3 aromatic heterocycles. The number of pyridine rings is 3. The smallest absolute Gasteiger partial charge is 0.257 e. The van der Waals surface area contributed by atoms with Crippen molar-refractivity contribution in [3.63, 3.8) is 0 Å². The second-order valence-corrected chi connectivity index (χ2v) is 25.4. The molecule has 502 valence electrons. The van der Waals surface area contributed by atoms with E-state index in [1.807, 2.05) is 18.4 Å². The monoisotopic (exact) mass is 1370 g/mol. The summed E-state index contributed by atoms with van der Waals surface area (Å²) in [6.07, 6.45) is 8.91. The van der Waals surface area contributed by atoms with Crippen molar-refractivity contribution in [1.82, 2.24) is 24.3 Å². The molecule has 0 aliphatic carbocycles. The predicted molar refractivity (Wildman–Crippen MR) is 330 cm³/mol. The minimum absolute atomic E-state index is 0.000828. The second kappa shape index (κ2) is 29.1. The summed E-state index contributed by atoms with van der Waals surface area (Å²) in [7, 11) is 7.39. The van der Waals surface area contributed by atoms with Crippen LogP contribution >= 0.6 is 15.9 Å². The van der Waals surface area contributed by atoms with E-state index in [0.717, 1.165) is 31.4 Å². The van der Waals surface area contributed by atoms with E-state index >= 15 is 0 Å². The van der Waals surface area contributed by atoms with E-state index in [2.05, 4.69) is 26.6 Å². The molecule has 3 saturated heterocycles. The highest BCUT2D eigenvalue weighted by atomic mass is 79.9. The molecule has 6 aliphatic rings. The quantitative estimate of drug-likeness (QED) is 0.0738. The molecule has 27 heteroatoms.